The van der Waals surface area contributed by atoms with Gasteiger partial charge in [-0.2, -0.15) is 0 Å². The van der Waals surface area contributed by atoms with Crippen LogP contribution in [0.25, 0.3) is 0 Å². The molecular formula is C12H18N4O3. The van der Waals surface area contributed by atoms with Gasteiger partial charge in [-0.25, -0.2) is 9.59 Å². The monoisotopic (exact) mass is 266 g/mol. The number of benzene rings is 1. The van der Waals surface area contributed by atoms with Gasteiger partial charge in [-0.05, 0) is 24.1 Å². The number of rotatable bonds is 6. The van der Waals surface area contributed by atoms with Gasteiger partial charge in [0.05, 0.1) is 0 Å². The third-order valence-corrected chi connectivity index (χ3v) is 2.29. The SMILES string of the molecule is NC(=O)Nc1ccc(CNC(=O)NCCCO)cc1. The van der Waals surface area contributed by atoms with Crippen molar-refractivity contribution in [1.29, 1.82) is 0 Å². The summed E-state index contributed by atoms with van der Waals surface area (Å²) in [5.41, 5.74) is 6.48. The van der Waals surface area contributed by atoms with Crippen molar-refractivity contribution in [3.05, 3.63) is 29.8 Å². The van der Waals surface area contributed by atoms with Gasteiger partial charge in [0.2, 0.25) is 0 Å². The van der Waals surface area contributed by atoms with Crippen molar-refractivity contribution in [2.75, 3.05) is 18.5 Å². The summed E-state index contributed by atoms with van der Waals surface area (Å²) in [6.07, 6.45) is 0.529. The molecule has 7 nitrogen and oxygen atoms in total. The van der Waals surface area contributed by atoms with Crippen LogP contribution >= 0.6 is 0 Å². The van der Waals surface area contributed by atoms with E-state index in [-0.39, 0.29) is 12.6 Å². The second kappa shape index (κ2) is 7.93. The summed E-state index contributed by atoms with van der Waals surface area (Å²) >= 11 is 0. The van der Waals surface area contributed by atoms with E-state index < -0.39 is 6.03 Å². The van der Waals surface area contributed by atoms with Crippen LogP contribution in [0.5, 0.6) is 0 Å². The van der Waals surface area contributed by atoms with Crippen LogP contribution in [0, 0.1) is 0 Å². The fraction of sp³-hybridized carbons (Fsp3) is 0.333. The van der Waals surface area contributed by atoms with Crippen LogP contribution in [0.2, 0.25) is 0 Å². The highest BCUT2D eigenvalue weighted by Gasteiger charge is 2.00. The van der Waals surface area contributed by atoms with Gasteiger partial charge in [-0.3, -0.25) is 0 Å². The number of aliphatic hydroxyl groups is 1. The molecule has 7 heteroatoms. The molecule has 0 aliphatic heterocycles. The minimum atomic E-state index is -0.617. The average Bonchev–Trinajstić information content (AvgIpc) is 2.37. The number of anilines is 1. The molecule has 0 aromatic heterocycles. The quantitative estimate of drug-likeness (QED) is 0.478. The van der Waals surface area contributed by atoms with Crippen LogP contribution in [0.4, 0.5) is 15.3 Å². The summed E-state index contributed by atoms with van der Waals surface area (Å²) in [5, 5.41) is 16.3. The predicted octanol–water partition coefficient (Wildman–Crippen LogP) is 0.359. The Balaban J connectivity index is 2.33. The van der Waals surface area contributed by atoms with E-state index in [9.17, 15) is 9.59 Å². The number of primary amides is 1. The summed E-state index contributed by atoms with van der Waals surface area (Å²) < 4.78 is 0. The lowest BCUT2D eigenvalue weighted by molar-refractivity contribution is 0.237. The normalized spacial score (nSPS) is 9.74. The average molecular weight is 266 g/mol. The van der Waals surface area contributed by atoms with Crippen LogP contribution in [0.1, 0.15) is 12.0 Å². The molecule has 0 fully saturated rings. The molecule has 0 saturated carbocycles. The maximum Gasteiger partial charge on any atom is 0.316 e. The third kappa shape index (κ3) is 6.27. The van der Waals surface area contributed by atoms with E-state index in [1.807, 2.05) is 0 Å². The Morgan fingerprint density at radius 3 is 2.42 bits per heavy atom. The number of aliphatic hydroxyl groups excluding tert-OH is 1. The molecule has 0 heterocycles. The van der Waals surface area contributed by atoms with Gasteiger partial charge in [0.15, 0.2) is 0 Å². The number of carbonyl (C=O) groups excluding carboxylic acids is 2. The molecule has 0 aliphatic rings. The molecule has 0 unspecified atom stereocenters. The second-order valence-electron chi connectivity index (χ2n) is 3.87. The zero-order valence-corrected chi connectivity index (χ0v) is 10.5. The fourth-order valence-corrected chi connectivity index (χ4v) is 1.37. The van der Waals surface area contributed by atoms with Crippen molar-refractivity contribution in [2.45, 2.75) is 13.0 Å². The molecular weight excluding hydrogens is 248 g/mol. The Hall–Kier alpha value is -2.28. The number of nitrogens with one attached hydrogen (secondary N) is 3. The lowest BCUT2D eigenvalue weighted by Gasteiger charge is -2.08. The molecule has 6 N–H and O–H groups in total. The Labute approximate surface area is 111 Å². The summed E-state index contributed by atoms with van der Waals surface area (Å²) in [6, 6.07) is 6.05. The van der Waals surface area contributed by atoms with Crippen LogP contribution in [0.3, 0.4) is 0 Å². The summed E-state index contributed by atoms with van der Waals surface area (Å²) in [7, 11) is 0. The van der Waals surface area contributed by atoms with Gasteiger partial charge in [0.1, 0.15) is 0 Å². The van der Waals surface area contributed by atoms with E-state index in [4.69, 9.17) is 10.8 Å². The van der Waals surface area contributed by atoms with Gasteiger partial charge in [0.25, 0.3) is 0 Å². The molecule has 1 rings (SSSR count). The zero-order chi connectivity index (χ0) is 14.1. The molecule has 4 amide bonds. The van der Waals surface area contributed by atoms with Gasteiger partial charge in [0, 0.05) is 25.4 Å². The number of nitrogens with two attached hydrogens (primary N) is 1. The highest BCUT2D eigenvalue weighted by Crippen LogP contribution is 2.08. The van der Waals surface area contributed by atoms with Gasteiger partial charge < -0.3 is 26.8 Å². The number of hydrogen-bond donors (Lipinski definition) is 5. The van der Waals surface area contributed by atoms with Gasteiger partial charge in [-0.15, -0.1) is 0 Å². The van der Waals surface area contributed by atoms with Gasteiger partial charge in [-0.1, -0.05) is 12.1 Å². The highest BCUT2D eigenvalue weighted by molar-refractivity contribution is 5.87. The maximum absolute atomic E-state index is 11.3. The lowest BCUT2D eigenvalue weighted by atomic mass is 10.2. The largest absolute Gasteiger partial charge is 0.396 e. The predicted molar refractivity (Wildman–Crippen MR) is 71.6 cm³/mol. The zero-order valence-electron chi connectivity index (χ0n) is 10.5. The molecule has 0 aliphatic carbocycles. The fourth-order valence-electron chi connectivity index (χ4n) is 1.37. The van der Waals surface area contributed by atoms with Crippen molar-refractivity contribution in [1.82, 2.24) is 10.6 Å². The number of urea groups is 2. The topological polar surface area (TPSA) is 116 Å². The Bertz CT molecular complexity index is 419. The molecule has 1 aromatic carbocycles. The first-order valence-electron chi connectivity index (χ1n) is 5.90. The summed E-state index contributed by atoms with van der Waals surface area (Å²) in [6.45, 7) is 0.861. The van der Waals surface area contributed by atoms with Crippen LogP contribution in [-0.4, -0.2) is 30.3 Å². The van der Waals surface area contributed by atoms with Crippen LogP contribution in [0.15, 0.2) is 24.3 Å². The molecule has 0 spiro atoms. The van der Waals surface area contributed by atoms with Crippen LogP contribution < -0.4 is 21.7 Å². The molecule has 0 saturated heterocycles. The standard InChI is InChI=1S/C12H18N4O3/c13-11(18)16-10-4-2-9(3-5-10)8-15-12(19)14-6-1-7-17/h2-5,17H,1,6-8H2,(H3,13,16,18)(H2,14,15,19). The van der Waals surface area contributed by atoms with Crippen molar-refractivity contribution < 1.29 is 14.7 Å². The van der Waals surface area contributed by atoms with Crippen molar-refractivity contribution in [3.8, 4) is 0 Å². The first-order valence-corrected chi connectivity index (χ1v) is 5.90. The van der Waals surface area contributed by atoms with Crippen LogP contribution in [-0.2, 0) is 6.54 Å². The van der Waals surface area contributed by atoms with Gasteiger partial charge >= 0.3 is 12.1 Å². The molecule has 0 atom stereocenters. The number of carbonyl (C=O) groups is 2. The number of amides is 4. The van der Waals surface area contributed by atoms with Crippen molar-refractivity contribution in [2.24, 2.45) is 5.73 Å². The number of hydrogen-bond acceptors (Lipinski definition) is 3. The van der Waals surface area contributed by atoms with Crippen molar-refractivity contribution >= 4 is 17.7 Å². The summed E-state index contributed by atoms with van der Waals surface area (Å²) in [5.74, 6) is 0. The van der Waals surface area contributed by atoms with E-state index in [0.29, 0.717) is 25.2 Å². The molecule has 0 radical (unpaired) electrons. The molecule has 0 bridgehead atoms. The van der Waals surface area contributed by atoms with E-state index >= 15 is 0 Å². The Kier molecular flexibility index (Phi) is 6.17. The molecule has 104 valence electrons. The summed E-state index contributed by atoms with van der Waals surface area (Å²) in [4.78, 5) is 21.9. The lowest BCUT2D eigenvalue weighted by Crippen LogP contribution is -2.35. The molecule has 1 aromatic rings. The third-order valence-electron chi connectivity index (χ3n) is 2.29. The highest BCUT2D eigenvalue weighted by atomic mass is 16.3. The smallest absolute Gasteiger partial charge is 0.316 e. The maximum atomic E-state index is 11.3. The first-order chi connectivity index (χ1) is 9.11. The van der Waals surface area contributed by atoms with E-state index in [1.165, 1.54) is 0 Å². The second-order valence-corrected chi connectivity index (χ2v) is 3.87. The minimum absolute atomic E-state index is 0.0502. The first kappa shape index (κ1) is 14.8. The molecule has 19 heavy (non-hydrogen) atoms. The van der Waals surface area contributed by atoms with E-state index in [2.05, 4.69) is 16.0 Å². The Morgan fingerprint density at radius 2 is 1.84 bits per heavy atom. The van der Waals surface area contributed by atoms with Crippen molar-refractivity contribution in [3.63, 3.8) is 0 Å². The minimum Gasteiger partial charge on any atom is -0.396 e. The van der Waals surface area contributed by atoms with E-state index in [1.54, 1.807) is 24.3 Å². The van der Waals surface area contributed by atoms with E-state index in [0.717, 1.165) is 5.56 Å². The Morgan fingerprint density at radius 1 is 1.16 bits per heavy atom.